The van der Waals surface area contributed by atoms with Crippen LogP contribution in [0.2, 0.25) is 0 Å². The summed E-state index contributed by atoms with van der Waals surface area (Å²) in [5.74, 6) is -0.261. The van der Waals surface area contributed by atoms with Gasteiger partial charge in [-0.3, -0.25) is 14.5 Å². The van der Waals surface area contributed by atoms with Gasteiger partial charge in [-0.15, -0.1) is 11.3 Å². The van der Waals surface area contributed by atoms with E-state index in [-0.39, 0.29) is 23.4 Å². The SMILES string of the molecule is CCCCCC(=O)N1c2ccccc2NC2=C(C(=O)C[C@H](c3ccc(F)cc3)C2)[C@H]1c1cccs1. The first-order valence-corrected chi connectivity index (χ1v) is 13.2. The van der Waals surface area contributed by atoms with Crippen molar-refractivity contribution in [2.75, 3.05) is 10.2 Å². The van der Waals surface area contributed by atoms with Crippen molar-refractivity contribution in [1.29, 1.82) is 0 Å². The van der Waals surface area contributed by atoms with E-state index in [9.17, 15) is 14.0 Å². The Kier molecular flexibility index (Phi) is 6.82. The van der Waals surface area contributed by atoms with Gasteiger partial charge < -0.3 is 5.32 Å². The first-order valence-electron chi connectivity index (χ1n) is 12.3. The van der Waals surface area contributed by atoms with Crippen LogP contribution in [0, 0.1) is 5.82 Å². The zero-order valence-corrected chi connectivity index (χ0v) is 20.6. The van der Waals surface area contributed by atoms with Gasteiger partial charge >= 0.3 is 0 Å². The summed E-state index contributed by atoms with van der Waals surface area (Å²) in [6.45, 7) is 2.12. The van der Waals surface area contributed by atoms with Crippen molar-refractivity contribution in [2.45, 2.75) is 57.4 Å². The lowest BCUT2D eigenvalue weighted by molar-refractivity contribution is -0.119. The Hall–Kier alpha value is -3.25. The summed E-state index contributed by atoms with van der Waals surface area (Å²) in [6, 6.07) is 17.8. The number of allylic oxidation sites excluding steroid dienone is 1. The van der Waals surface area contributed by atoms with Crippen LogP contribution in [-0.2, 0) is 9.59 Å². The van der Waals surface area contributed by atoms with Gasteiger partial charge in [0.15, 0.2) is 5.78 Å². The van der Waals surface area contributed by atoms with Gasteiger partial charge in [0, 0.05) is 29.0 Å². The Balaban J connectivity index is 1.62. The Morgan fingerprint density at radius 1 is 1.06 bits per heavy atom. The van der Waals surface area contributed by atoms with Crippen LogP contribution in [0.3, 0.4) is 0 Å². The molecule has 6 heteroatoms. The molecule has 1 N–H and O–H groups in total. The number of hydrogen-bond acceptors (Lipinski definition) is 4. The van der Waals surface area contributed by atoms with Crippen LogP contribution in [0.15, 0.2) is 77.3 Å². The lowest BCUT2D eigenvalue weighted by Gasteiger charge is -2.34. The van der Waals surface area contributed by atoms with Gasteiger partial charge in [-0.25, -0.2) is 4.39 Å². The number of amides is 1. The highest BCUT2D eigenvalue weighted by atomic mass is 32.1. The molecular formula is C29H29FN2O2S. The smallest absolute Gasteiger partial charge is 0.227 e. The lowest BCUT2D eigenvalue weighted by atomic mass is 9.79. The maximum atomic E-state index is 13.8. The summed E-state index contributed by atoms with van der Waals surface area (Å²) < 4.78 is 13.5. The minimum absolute atomic E-state index is 0.0330. The van der Waals surface area contributed by atoms with Crippen LogP contribution >= 0.6 is 11.3 Å². The third-order valence-corrected chi connectivity index (χ3v) is 7.83. The molecule has 2 atom stereocenters. The second-order valence-electron chi connectivity index (χ2n) is 9.25. The van der Waals surface area contributed by atoms with Gasteiger partial charge in [0.25, 0.3) is 0 Å². The molecule has 1 aliphatic carbocycles. The Bertz CT molecular complexity index is 1250. The first-order chi connectivity index (χ1) is 17.1. The number of para-hydroxylation sites is 2. The summed E-state index contributed by atoms with van der Waals surface area (Å²) in [5, 5.41) is 5.54. The minimum Gasteiger partial charge on any atom is -0.357 e. The van der Waals surface area contributed by atoms with Crippen LogP contribution < -0.4 is 10.2 Å². The molecule has 4 nitrogen and oxygen atoms in total. The number of nitrogens with one attached hydrogen (secondary N) is 1. The number of thiophene rings is 1. The molecule has 35 heavy (non-hydrogen) atoms. The molecule has 3 aromatic rings. The number of unbranched alkanes of at least 4 members (excludes halogenated alkanes) is 2. The third kappa shape index (κ3) is 4.67. The van der Waals surface area contributed by atoms with Gasteiger partial charge in [-0.1, -0.05) is 50.1 Å². The van der Waals surface area contributed by atoms with Crippen LogP contribution in [-0.4, -0.2) is 11.7 Å². The summed E-state index contributed by atoms with van der Waals surface area (Å²) in [5.41, 5.74) is 4.10. The molecule has 0 saturated heterocycles. The number of benzene rings is 2. The van der Waals surface area contributed by atoms with E-state index in [1.807, 2.05) is 46.7 Å². The van der Waals surface area contributed by atoms with Gasteiger partial charge in [-0.2, -0.15) is 0 Å². The van der Waals surface area contributed by atoms with E-state index in [1.165, 1.54) is 12.1 Å². The molecule has 0 spiro atoms. The van der Waals surface area contributed by atoms with Gasteiger partial charge in [0.2, 0.25) is 5.91 Å². The summed E-state index contributed by atoms with van der Waals surface area (Å²) >= 11 is 1.57. The normalized spacial score (nSPS) is 19.6. The van der Waals surface area contributed by atoms with Crippen molar-refractivity contribution < 1.29 is 14.0 Å². The zero-order valence-electron chi connectivity index (χ0n) is 19.8. The highest BCUT2D eigenvalue weighted by Crippen LogP contribution is 2.48. The largest absolute Gasteiger partial charge is 0.357 e. The quantitative estimate of drug-likeness (QED) is 0.369. The molecule has 1 amide bonds. The Morgan fingerprint density at radius 2 is 1.86 bits per heavy atom. The van der Waals surface area contributed by atoms with Crippen LogP contribution in [0.1, 0.15) is 67.8 Å². The van der Waals surface area contributed by atoms with Crippen LogP contribution in [0.5, 0.6) is 0 Å². The van der Waals surface area contributed by atoms with E-state index in [4.69, 9.17) is 0 Å². The average Bonchev–Trinajstić information content (AvgIpc) is 3.34. The monoisotopic (exact) mass is 488 g/mol. The molecule has 1 aromatic heterocycles. The topological polar surface area (TPSA) is 49.4 Å². The number of carbonyl (C=O) groups excluding carboxylic acids is 2. The van der Waals surface area contributed by atoms with E-state index >= 15 is 0 Å². The molecule has 0 bridgehead atoms. The maximum absolute atomic E-state index is 13.8. The second kappa shape index (κ2) is 10.2. The molecule has 0 fully saturated rings. The van der Waals surface area contributed by atoms with Crippen molar-refractivity contribution in [3.05, 3.63) is 93.6 Å². The van der Waals surface area contributed by atoms with Gasteiger partial charge in [-0.05, 0) is 60.0 Å². The molecule has 2 aliphatic rings. The fourth-order valence-electron chi connectivity index (χ4n) is 5.20. The molecule has 2 heterocycles. The number of ketones is 1. The van der Waals surface area contributed by atoms with Crippen molar-refractivity contribution in [3.63, 3.8) is 0 Å². The van der Waals surface area contributed by atoms with Crippen molar-refractivity contribution in [1.82, 2.24) is 0 Å². The highest BCUT2D eigenvalue weighted by Gasteiger charge is 2.41. The van der Waals surface area contributed by atoms with Crippen LogP contribution in [0.4, 0.5) is 15.8 Å². The molecule has 0 unspecified atom stereocenters. The number of hydrogen-bond donors (Lipinski definition) is 1. The predicted octanol–water partition coefficient (Wildman–Crippen LogP) is 7.37. The zero-order chi connectivity index (χ0) is 24.4. The van der Waals surface area contributed by atoms with Gasteiger partial charge in [0.1, 0.15) is 11.9 Å². The molecule has 2 aromatic carbocycles. The van der Waals surface area contributed by atoms with E-state index in [0.717, 1.165) is 46.8 Å². The number of rotatable bonds is 6. The standard InChI is InChI=1S/C29H29FN2O2S/c1-2-3-4-11-27(34)32-24-9-6-5-8-22(24)31-23-17-20(19-12-14-21(30)15-13-19)18-25(33)28(23)29(32)26-10-7-16-35-26/h5-10,12-16,20,29,31H,2-4,11,17-18H2,1H3/t20-,29-/m1/s1. The van der Waals surface area contributed by atoms with Crippen molar-refractivity contribution >= 4 is 34.4 Å². The van der Waals surface area contributed by atoms with Crippen molar-refractivity contribution in [2.24, 2.45) is 0 Å². The molecule has 0 saturated carbocycles. The van der Waals surface area contributed by atoms with Gasteiger partial charge in [0.05, 0.1) is 11.4 Å². The second-order valence-corrected chi connectivity index (χ2v) is 10.2. The van der Waals surface area contributed by atoms with Crippen LogP contribution in [0.25, 0.3) is 0 Å². The minimum atomic E-state index is -0.461. The summed E-state index contributed by atoms with van der Waals surface area (Å²) in [6.07, 6.45) is 4.26. The fourth-order valence-corrected chi connectivity index (χ4v) is 6.02. The number of fused-ring (bicyclic) bond motifs is 1. The molecule has 5 rings (SSSR count). The number of nitrogens with zero attached hydrogens (tertiary/aromatic N) is 1. The van der Waals surface area contributed by atoms with E-state index in [0.29, 0.717) is 24.8 Å². The molecule has 180 valence electrons. The van der Waals surface area contributed by atoms with E-state index in [2.05, 4.69) is 12.2 Å². The number of Topliss-reactive ketones (excluding diaryl/α,β-unsaturated/α-hetero) is 1. The maximum Gasteiger partial charge on any atom is 0.227 e. The Morgan fingerprint density at radius 3 is 2.60 bits per heavy atom. The molecule has 0 radical (unpaired) electrons. The summed E-state index contributed by atoms with van der Waals surface area (Å²) in [7, 11) is 0. The summed E-state index contributed by atoms with van der Waals surface area (Å²) in [4.78, 5) is 30.4. The molecular weight excluding hydrogens is 459 g/mol. The third-order valence-electron chi connectivity index (χ3n) is 6.91. The predicted molar refractivity (Wildman–Crippen MR) is 139 cm³/mol. The highest BCUT2D eigenvalue weighted by molar-refractivity contribution is 7.10. The van der Waals surface area contributed by atoms with E-state index < -0.39 is 6.04 Å². The first kappa shape index (κ1) is 23.5. The molecule has 1 aliphatic heterocycles. The number of anilines is 2. The number of halogens is 1. The lowest BCUT2D eigenvalue weighted by Crippen LogP contribution is -2.38. The van der Waals surface area contributed by atoms with E-state index in [1.54, 1.807) is 23.5 Å². The fraction of sp³-hybridized carbons (Fsp3) is 0.310. The average molecular weight is 489 g/mol. The van der Waals surface area contributed by atoms with Crippen molar-refractivity contribution in [3.8, 4) is 0 Å². The number of carbonyl (C=O) groups is 2. The Labute approximate surface area is 209 Å².